The molecule has 0 aliphatic rings. The third-order valence-electron chi connectivity index (χ3n) is 4.50. The summed E-state index contributed by atoms with van der Waals surface area (Å²) in [5, 5.41) is 2.81. The second kappa shape index (κ2) is 10.2. The summed E-state index contributed by atoms with van der Waals surface area (Å²) >= 11 is 0. The number of ether oxygens (including phenoxy) is 1. The van der Waals surface area contributed by atoms with Crippen LogP contribution in [0.3, 0.4) is 0 Å². The predicted octanol–water partition coefficient (Wildman–Crippen LogP) is 2.77. The largest absolute Gasteiger partial charge is 0.487 e. The Morgan fingerprint density at radius 3 is 2.35 bits per heavy atom. The summed E-state index contributed by atoms with van der Waals surface area (Å²) in [6, 6.07) is 18.7. The highest BCUT2D eigenvalue weighted by Crippen LogP contribution is 2.16. The molecule has 9 heteroatoms. The zero-order valence-corrected chi connectivity index (χ0v) is 18.0. The standard InChI is InChI=1S/C22H23N3O5S/c1-25(29-2)31(27,28)21-12-8-18(9-13-21)22(26)24-15-17-6-10-20(11-7-17)30-16-19-5-3-4-14-23-19/h3-14H,15-16H2,1-2H3,(H,24,26). The summed E-state index contributed by atoms with van der Waals surface area (Å²) in [6.07, 6.45) is 1.72. The van der Waals surface area contributed by atoms with E-state index in [1.165, 1.54) is 38.4 Å². The summed E-state index contributed by atoms with van der Waals surface area (Å²) in [7, 11) is -1.19. The molecule has 0 atom stereocenters. The molecule has 0 radical (unpaired) electrons. The first-order valence-electron chi connectivity index (χ1n) is 9.43. The average molecular weight is 442 g/mol. The van der Waals surface area contributed by atoms with Gasteiger partial charge in [0.05, 0.1) is 17.7 Å². The van der Waals surface area contributed by atoms with Crippen LogP contribution < -0.4 is 10.1 Å². The maximum absolute atomic E-state index is 12.4. The van der Waals surface area contributed by atoms with Crippen LogP contribution in [0, 0.1) is 0 Å². The van der Waals surface area contributed by atoms with E-state index >= 15 is 0 Å². The minimum atomic E-state index is -3.75. The first kappa shape index (κ1) is 22.4. The lowest BCUT2D eigenvalue weighted by atomic mass is 10.2. The lowest BCUT2D eigenvalue weighted by molar-refractivity contribution is -0.0258. The number of pyridine rings is 1. The van der Waals surface area contributed by atoms with Crippen molar-refractivity contribution in [2.75, 3.05) is 14.2 Å². The van der Waals surface area contributed by atoms with Crippen LogP contribution in [0.1, 0.15) is 21.6 Å². The van der Waals surface area contributed by atoms with E-state index in [1.807, 2.05) is 42.5 Å². The molecule has 1 heterocycles. The number of rotatable bonds is 9. The Kier molecular flexibility index (Phi) is 7.35. The van der Waals surface area contributed by atoms with E-state index in [0.717, 1.165) is 15.7 Å². The quantitative estimate of drug-likeness (QED) is 0.513. The Balaban J connectivity index is 1.53. The SMILES string of the molecule is CON(C)S(=O)(=O)c1ccc(C(=O)NCc2ccc(OCc3ccccn3)cc2)cc1. The smallest absolute Gasteiger partial charge is 0.264 e. The van der Waals surface area contributed by atoms with Crippen LogP contribution in [-0.4, -0.2) is 37.9 Å². The highest BCUT2D eigenvalue weighted by atomic mass is 32.2. The van der Waals surface area contributed by atoms with Crippen LogP contribution in [0.2, 0.25) is 0 Å². The van der Waals surface area contributed by atoms with Crippen molar-refractivity contribution >= 4 is 15.9 Å². The van der Waals surface area contributed by atoms with Gasteiger partial charge in [-0.25, -0.2) is 8.42 Å². The zero-order valence-electron chi connectivity index (χ0n) is 17.2. The molecule has 1 N–H and O–H groups in total. The third kappa shape index (κ3) is 5.88. The lowest BCUT2D eigenvalue weighted by Gasteiger charge is -2.14. The van der Waals surface area contributed by atoms with E-state index in [4.69, 9.17) is 9.57 Å². The van der Waals surface area contributed by atoms with Gasteiger partial charge < -0.3 is 10.1 Å². The molecule has 1 aromatic heterocycles. The van der Waals surface area contributed by atoms with Crippen LogP contribution in [-0.2, 0) is 28.0 Å². The number of carbonyl (C=O) groups is 1. The number of hydrogen-bond donors (Lipinski definition) is 1. The molecule has 162 valence electrons. The summed E-state index contributed by atoms with van der Waals surface area (Å²) in [6.45, 7) is 0.703. The Morgan fingerprint density at radius 1 is 1.03 bits per heavy atom. The number of carbonyl (C=O) groups excluding carboxylic acids is 1. The highest BCUT2D eigenvalue weighted by molar-refractivity contribution is 7.89. The molecular formula is C22H23N3O5S. The Morgan fingerprint density at radius 2 is 1.74 bits per heavy atom. The molecule has 0 spiro atoms. The third-order valence-corrected chi connectivity index (χ3v) is 6.19. The van der Waals surface area contributed by atoms with E-state index in [9.17, 15) is 13.2 Å². The van der Waals surface area contributed by atoms with Gasteiger partial charge in [0.25, 0.3) is 15.9 Å². The second-order valence-corrected chi connectivity index (χ2v) is 8.49. The molecule has 0 unspecified atom stereocenters. The number of benzene rings is 2. The minimum absolute atomic E-state index is 0.0368. The minimum Gasteiger partial charge on any atom is -0.487 e. The number of aromatic nitrogens is 1. The molecule has 2 aromatic carbocycles. The average Bonchev–Trinajstić information content (AvgIpc) is 2.82. The summed E-state index contributed by atoms with van der Waals surface area (Å²) < 4.78 is 30.8. The van der Waals surface area contributed by atoms with Gasteiger partial charge in [0.15, 0.2) is 0 Å². The molecule has 0 aliphatic heterocycles. The number of nitrogens with zero attached hydrogens (tertiary/aromatic N) is 2. The molecule has 0 saturated heterocycles. The van der Waals surface area contributed by atoms with Crippen molar-refractivity contribution in [1.29, 1.82) is 0 Å². The fourth-order valence-corrected chi connectivity index (χ4v) is 3.63. The number of hydrogen-bond acceptors (Lipinski definition) is 6. The van der Waals surface area contributed by atoms with Crippen molar-refractivity contribution in [3.8, 4) is 5.75 Å². The Labute approximate surface area is 181 Å². The number of sulfonamides is 1. The van der Waals surface area contributed by atoms with Gasteiger partial charge in [-0.3, -0.25) is 14.6 Å². The van der Waals surface area contributed by atoms with Crippen molar-refractivity contribution in [3.63, 3.8) is 0 Å². The molecular weight excluding hydrogens is 418 g/mol. The maximum Gasteiger partial charge on any atom is 0.264 e. The zero-order chi connectivity index (χ0) is 22.3. The molecule has 8 nitrogen and oxygen atoms in total. The van der Waals surface area contributed by atoms with E-state index in [1.54, 1.807) is 6.20 Å². The number of nitrogens with one attached hydrogen (secondary N) is 1. The van der Waals surface area contributed by atoms with Crippen molar-refractivity contribution < 1.29 is 22.8 Å². The first-order valence-corrected chi connectivity index (χ1v) is 10.9. The molecule has 0 bridgehead atoms. The topological polar surface area (TPSA) is 97.8 Å². The van der Waals surface area contributed by atoms with E-state index in [2.05, 4.69) is 10.3 Å². The van der Waals surface area contributed by atoms with Gasteiger partial charge in [-0.2, -0.15) is 0 Å². The van der Waals surface area contributed by atoms with Gasteiger partial charge in [-0.1, -0.05) is 22.7 Å². The maximum atomic E-state index is 12.4. The fraction of sp³-hybridized carbons (Fsp3) is 0.182. The van der Waals surface area contributed by atoms with Crippen LogP contribution in [0.5, 0.6) is 5.75 Å². The summed E-state index contributed by atoms with van der Waals surface area (Å²) in [4.78, 5) is 21.3. The molecule has 31 heavy (non-hydrogen) atoms. The Hall–Kier alpha value is -3.27. The van der Waals surface area contributed by atoms with Crippen LogP contribution in [0.25, 0.3) is 0 Å². The van der Waals surface area contributed by atoms with E-state index in [0.29, 0.717) is 24.5 Å². The van der Waals surface area contributed by atoms with Gasteiger partial charge in [0.2, 0.25) is 0 Å². The molecule has 0 aliphatic carbocycles. The van der Waals surface area contributed by atoms with Gasteiger partial charge >= 0.3 is 0 Å². The van der Waals surface area contributed by atoms with E-state index < -0.39 is 10.0 Å². The first-order chi connectivity index (χ1) is 14.9. The van der Waals surface area contributed by atoms with Crippen LogP contribution in [0.4, 0.5) is 0 Å². The van der Waals surface area contributed by atoms with Crippen LogP contribution >= 0.6 is 0 Å². The van der Waals surface area contributed by atoms with Gasteiger partial charge in [-0.05, 0) is 54.1 Å². The monoisotopic (exact) mass is 441 g/mol. The fourth-order valence-electron chi connectivity index (χ4n) is 2.65. The summed E-state index contributed by atoms with van der Waals surface area (Å²) in [5.74, 6) is 0.401. The normalized spacial score (nSPS) is 11.3. The molecule has 1 amide bonds. The van der Waals surface area contributed by atoms with Crippen molar-refractivity contribution in [1.82, 2.24) is 14.8 Å². The van der Waals surface area contributed by atoms with Gasteiger partial charge in [0, 0.05) is 25.4 Å². The predicted molar refractivity (Wildman–Crippen MR) is 115 cm³/mol. The van der Waals surface area contributed by atoms with Crippen LogP contribution in [0.15, 0.2) is 77.8 Å². The molecule has 0 fully saturated rings. The second-order valence-electron chi connectivity index (χ2n) is 6.56. The molecule has 0 saturated carbocycles. The van der Waals surface area contributed by atoms with Crippen molar-refractivity contribution in [2.45, 2.75) is 18.0 Å². The van der Waals surface area contributed by atoms with Crippen molar-refractivity contribution in [3.05, 3.63) is 89.7 Å². The van der Waals surface area contributed by atoms with E-state index in [-0.39, 0.29) is 10.8 Å². The number of amides is 1. The Bertz CT molecular complexity index is 1100. The summed E-state index contributed by atoms with van der Waals surface area (Å²) in [5.41, 5.74) is 2.10. The number of hydroxylamine groups is 1. The highest BCUT2D eigenvalue weighted by Gasteiger charge is 2.20. The van der Waals surface area contributed by atoms with Gasteiger partial charge in [0.1, 0.15) is 12.4 Å². The van der Waals surface area contributed by atoms with Gasteiger partial charge in [-0.15, -0.1) is 0 Å². The lowest BCUT2D eigenvalue weighted by Crippen LogP contribution is -2.26. The molecule has 3 rings (SSSR count). The molecule has 3 aromatic rings. The van der Waals surface area contributed by atoms with Crippen molar-refractivity contribution in [2.24, 2.45) is 0 Å².